The average Bonchev–Trinajstić information content (AvgIpc) is 2.55. The van der Waals surface area contributed by atoms with Crippen molar-refractivity contribution >= 4 is 11.7 Å². The van der Waals surface area contributed by atoms with Gasteiger partial charge in [-0.25, -0.2) is 4.98 Å². The molecule has 118 valence electrons. The fraction of sp³-hybridized carbons (Fsp3) is 0.533. The summed E-state index contributed by atoms with van der Waals surface area (Å²) in [4.78, 5) is 20.3. The van der Waals surface area contributed by atoms with Gasteiger partial charge >= 0.3 is 0 Å². The first-order chi connectivity index (χ1) is 10.6. The highest BCUT2D eigenvalue weighted by Crippen LogP contribution is 2.14. The third kappa shape index (κ3) is 4.16. The molecule has 7 nitrogen and oxygen atoms in total. The van der Waals surface area contributed by atoms with E-state index in [1.165, 1.54) is 0 Å². The van der Waals surface area contributed by atoms with Gasteiger partial charge in [0.25, 0.3) is 0 Å². The summed E-state index contributed by atoms with van der Waals surface area (Å²) in [5.74, 6) is 0.902. The molecule has 1 aromatic heterocycles. The molecule has 1 unspecified atom stereocenters. The van der Waals surface area contributed by atoms with Crippen molar-refractivity contribution in [2.75, 3.05) is 44.8 Å². The average molecular weight is 303 g/mol. The van der Waals surface area contributed by atoms with Crippen molar-refractivity contribution < 1.29 is 9.53 Å². The van der Waals surface area contributed by atoms with Gasteiger partial charge < -0.3 is 20.3 Å². The second kappa shape index (κ2) is 7.73. The van der Waals surface area contributed by atoms with Crippen molar-refractivity contribution in [2.45, 2.75) is 12.5 Å². The standard InChI is InChI=1S/C15H21N5O2/c1-22-11-13(17)8-15(21)20-6-4-19(5-7-20)14-3-2-12(9-16)10-18-14/h2-3,10,13H,4-8,11,17H2,1H3. The van der Waals surface area contributed by atoms with Crippen LogP contribution in [0.4, 0.5) is 5.82 Å². The smallest absolute Gasteiger partial charge is 0.224 e. The molecule has 22 heavy (non-hydrogen) atoms. The number of methoxy groups -OCH3 is 1. The van der Waals surface area contributed by atoms with Gasteiger partial charge in [0.2, 0.25) is 5.91 Å². The molecule has 2 N–H and O–H groups in total. The van der Waals surface area contributed by atoms with Crippen LogP contribution in [-0.4, -0.2) is 61.7 Å². The highest BCUT2D eigenvalue weighted by molar-refractivity contribution is 5.77. The first-order valence-electron chi connectivity index (χ1n) is 7.27. The van der Waals surface area contributed by atoms with Crippen LogP contribution in [0.3, 0.4) is 0 Å². The Kier molecular flexibility index (Phi) is 5.69. The molecule has 1 saturated heterocycles. The number of pyridine rings is 1. The van der Waals surface area contributed by atoms with Gasteiger partial charge in [-0.15, -0.1) is 0 Å². The number of aromatic nitrogens is 1. The summed E-state index contributed by atoms with van der Waals surface area (Å²) in [6.07, 6.45) is 1.87. The minimum absolute atomic E-state index is 0.0667. The Balaban J connectivity index is 1.84. The number of amides is 1. The SMILES string of the molecule is COCC(N)CC(=O)N1CCN(c2ccc(C#N)cn2)CC1. The number of ether oxygens (including phenoxy) is 1. The summed E-state index contributed by atoms with van der Waals surface area (Å²) in [6, 6.07) is 5.39. The molecule has 1 fully saturated rings. The number of hydrogen-bond acceptors (Lipinski definition) is 6. The van der Waals surface area contributed by atoms with E-state index in [1.54, 1.807) is 19.4 Å². The van der Waals surface area contributed by atoms with Gasteiger partial charge in [-0.3, -0.25) is 4.79 Å². The summed E-state index contributed by atoms with van der Waals surface area (Å²) >= 11 is 0. The minimum atomic E-state index is -0.254. The molecule has 1 amide bonds. The number of rotatable bonds is 5. The van der Waals surface area contributed by atoms with Gasteiger partial charge in [-0.1, -0.05) is 0 Å². The molecule has 1 aliphatic rings. The van der Waals surface area contributed by atoms with Crippen molar-refractivity contribution in [1.29, 1.82) is 5.26 Å². The monoisotopic (exact) mass is 303 g/mol. The quantitative estimate of drug-likeness (QED) is 0.820. The lowest BCUT2D eigenvalue weighted by Gasteiger charge is -2.35. The van der Waals surface area contributed by atoms with Crippen LogP contribution >= 0.6 is 0 Å². The van der Waals surface area contributed by atoms with Crippen LogP contribution in [-0.2, 0) is 9.53 Å². The molecule has 1 aliphatic heterocycles. The van der Waals surface area contributed by atoms with Crippen LogP contribution in [0.2, 0.25) is 0 Å². The Morgan fingerprint density at radius 2 is 2.18 bits per heavy atom. The summed E-state index contributed by atoms with van der Waals surface area (Å²) in [5.41, 5.74) is 6.36. The van der Waals surface area contributed by atoms with Crippen LogP contribution < -0.4 is 10.6 Å². The molecule has 7 heteroatoms. The van der Waals surface area contributed by atoms with Crippen molar-refractivity contribution in [2.24, 2.45) is 5.73 Å². The Hall–Kier alpha value is -2.17. The van der Waals surface area contributed by atoms with Gasteiger partial charge in [0.15, 0.2) is 0 Å². The molecule has 0 radical (unpaired) electrons. The van der Waals surface area contributed by atoms with E-state index in [0.717, 1.165) is 18.9 Å². The number of nitrogens with two attached hydrogens (primary N) is 1. The topological polar surface area (TPSA) is 95.5 Å². The molecule has 0 aromatic carbocycles. The molecular formula is C15H21N5O2. The van der Waals surface area contributed by atoms with Gasteiger partial charge in [0.05, 0.1) is 12.2 Å². The van der Waals surface area contributed by atoms with Crippen LogP contribution in [0.5, 0.6) is 0 Å². The first kappa shape index (κ1) is 16.2. The van der Waals surface area contributed by atoms with Gasteiger partial charge in [0, 0.05) is 51.9 Å². The van der Waals surface area contributed by atoms with Gasteiger partial charge in [0.1, 0.15) is 11.9 Å². The Bertz CT molecular complexity index is 532. The molecule has 0 aliphatic carbocycles. The van der Waals surface area contributed by atoms with E-state index < -0.39 is 0 Å². The lowest BCUT2D eigenvalue weighted by atomic mass is 10.2. The number of piperazine rings is 1. The Morgan fingerprint density at radius 1 is 1.45 bits per heavy atom. The second-order valence-electron chi connectivity index (χ2n) is 5.30. The molecule has 0 spiro atoms. The van der Waals surface area contributed by atoms with Crippen LogP contribution in [0.1, 0.15) is 12.0 Å². The minimum Gasteiger partial charge on any atom is -0.383 e. The number of carbonyl (C=O) groups is 1. The molecule has 2 rings (SSSR count). The fourth-order valence-corrected chi connectivity index (χ4v) is 2.45. The van der Waals surface area contributed by atoms with Crippen LogP contribution in [0, 0.1) is 11.3 Å². The van der Waals surface area contributed by atoms with Crippen molar-refractivity contribution in [1.82, 2.24) is 9.88 Å². The molecule has 1 atom stereocenters. The maximum atomic E-state index is 12.1. The number of hydrogen-bond donors (Lipinski definition) is 1. The van der Waals surface area contributed by atoms with E-state index >= 15 is 0 Å². The van der Waals surface area contributed by atoms with E-state index in [4.69, 9.17) is 15.7 Å². The lowest BCUT2D eigenvalue weighted by Crippen LogP contribution is -2.50. The predicted molar refractivity (Wildman–Crippen MR) is 82.2 cm³/mol. The third-order valence-electron chi connectivity index (χ3n) is 3.65. The molecule has 2 heterocycles. The largest absolute Gasteiger partial charge is 0.383 e. The van der Waals surface area contributed by atoms with Crippen molar-refractivity contribution in [3.63, 3.8) is 0 Å². The fourth-order valence-electron chi connectivity index (χ4n) is 2.45. The molecule has 0 bridgehead atoms. The van der Waals surface area contributed by atoms with Crippen LogP contribution in [0.25, 0.3) is 0 Å². The van der Waals surface area contributed by atoms with E-state index in [0.29, 0.717) is 31.7 Å². The lowest BCUT2D eigenvalue weighted by molar-refractivity contribution is -0.132. The van der Waals surface area contributed by atoms with Crippen LogP contribution in [0.15, 0.2) is 18.3 Å². The Labute approximate surface area is 130 Å². The number of nitriles is 1. The zero-order chi connectivity index (χ0) is 15.9. The maximum absolute atomic E-state index is 12.1. The number of anilines is 1. The molecular weight excluding hydrogens is 282 g/mol. The first-order valence-corrected chi connectivity index (χ1v) is 7.27. The molecule has 1 aromatic rings. The van der Waals surface area contributed by atoms with E-state index in [9.17, 15) is 4.79 Å². The zero-order valence-corrected chi connectivity index (χ0v) is 12.7. The summed E-state index contributed by atoms with van der Waals surface area (Å²) in [7, 11) is 1.58. The van der Waals surface area contributed by atoms with Gasteiger partial charge in [-0.05, 0) is 12.1 Å². The highest BCUT2D eigenvalue weighted by Gasteiger charge is 2.23. The zero-order valence-electron chi connectivity index (χ0n) is 12.7. The Morgan fingerprint density at radius 3 is 2.73 bits per heavy atom. The van der Waals surface area contributed by atoms with E-state index in [1.807, 2.05) is 11.0 Å². The summed E-state index contributed by atoms with van der Waals surface area (Å²) in [6.45, 7) is 3.15. The summed E-state index contributed by atoms with van der Waals surface area (Å²) in [5, 5.41) is 8.78. The predicted octanol–water partition coefficient (Wildman–Crippen LogP) is -0.0343. The van der Waals surface area contributed by atoms with E-state index in [-0.39, 0.29) is 11.9 Å². The number of nitrogens with zero attached hydrogens (tertiary/aromatic N) is 4. The van der Waals surface area contributed by atoms with Crippen molar-refractivity contribution in [3.05, 3.63) is 23.9 Å². The number of carbonyl (C=O) groups excluding carboxylic acids is 1. The maximum Gasteiger partial charge on any atom is 0.224 e. The summed E-state index contributed by atoms with van der Waals surface area (Å²) < 4.78 is 4.95. The van der Waals surface area contributed by atoms with Gasteiger partial charge in [-0.2, -0.15) is 5.26 Å². The molecule has 0 saturated carbocycles. The van der Waals surface area contributed by atoms with Crippen molar-refractivity contribution in [3.8, 4) is 6.07 Å². The normalized spacial score (nSPS) is 16.2. The third-order valence-corrected chi connectivity index (χ3v) is 3.65. The van der Waals surface area contributed by atoms with E-state index in [2.05, 4.69) is 16.0 Å². The second-order valence-corrected chi connectivity index (χ2v) is 5.30. The highest BCUT2D eigenvalue weighted by atomic mass is 16.5.